The molecule has 0 saturated heterocycles. The van der Waals surface area contributed by atoms with E-state index in [1.165, 1.54) is 0 Å². The fourth-order valence-electron chi connectivity index (χ4n) is 2.08. The Morgan fingerprint density at radius 1 is 1.21 bits per heavy atom. The lowest BCUT2D eigenvalue weighted by molar-refractivity contribution is 0.888. The Kier molecular flexibility index (Phi) is 4.67. The molecule has 0 saturated carbocycles. The van der Waals surface area contributed by atoms with Crippen molar-refractivity contribution >= 4 is 29.0 Å². The van der Waals surface area contributed by atoms with Crippen molar-refractivity contribution in [2.45, 2.75) is 19.3 Å². The first kappa shape index (κ1) is 14.2. The lowest BCUT2D eigenvalue weighted by Gasteiger charge is -2.20. The van der Waals surface area contributed by atoms with Gasteiger partial charge in [-0.15, -0.1) is 11.6 Å². The number of rotatable bonds is 4. The van der Waals surface area contributed by atoms with Gasteiger partial charge in [-0.25, -0.2) is 4.98 Å². The van der Waals surface area contributed by atoms with Crippen LogP contribution in [0.3, 0.4) is 0 Å². The summed E-state index contributed by atoms with van der Waals surface area (Å²) >= 11 is 11.8. The Balaban J connectivity index is 2.18. The quantitative estimate of drug-likeness (QED) is 0.776. The molecule has 4 heteroatoms. The summed E-state index contributed by atoms with van der Waals surface area (Å²) < 4.78 is 0. The molecule has 0 spiro atoms. The summed E-state index contributed by atoms with van der Waals surface area (Å²) in [6.45, 7) is 2.82. The number of aromatic nitrogens is 1. The van der Waals surface area contributed by atoms with Crippen molar-refractivity contribution in [1.29, 1.82) is 0 Å². The van der Waals surface area contributed by atoms with E-state index in [1.54, 1.807) is 0 Å². The molecule has 0 bridgehead atoms. The second kappa shape index (κ2) is 6.27. The van der Waals surface area contributed by atoms with Gasteiger partial charge in [0, 0.05) is 30.7 Å². The van der Waals surface area contributed by atoms with Gasteiger partial charge in [-0.2, -0.15) is 0 Å². The number of aryl methyl sites for hydroxylation is 1. The lowest BCUT2D eigenvalue weighted by Crippen LogP contribution is -2.18. The highest BCUT2D eigenvalue weighted by molar-refractivity contribution is 6.30. The van der Waals surface area contributed by atoms with Gasteiger partial charge in [-0.1, -0.05) is 23.7 Å². The monoisotopic (exact) mass is 294 g/mol. The van der Waals surface area contributed by atoms with Crippen molar-refractivity contribution in [2.75, 3.05) is 11.9 Å². The van der Waals surface area contributed by atoms with Crippen LogP contribution in [0.25, 0.3) is 0 Å². The van der Waals surface area contributed by atoms with Crippen molar-refractivity contribution < 1.29 is 0 Å². The highest BCUT2D eigenvalue weighted by Crippen LogP contribution is 2.20. The van der Waals surface area contributed by atoms with Crippen molar-refractivity contribution in [2.24, 2.45) is 0 Å². The van der Waals surface area contributed by atoms with Gasteiger partial charge < -0.3 is 4.90 Å². The highest BCUT2D eigenvalue weighted by Gasteiger charge is 2.08. The number of anilines is 1. The maximum Gasteiger partial charge on any atom is 0.131 e. The molecule has 19 heavy (non-hydrogen) atoms. The molecule has 2 aromatic rings. The molecule has 0 radical (unpaired) electrons. The van der Waals surface area contributed by atoms with E-state index < -0.39 is 0 Å². The average molecular weight is 295 g/mol. The zero-order valence-electron chi connectivity index (χ0n) is 11.0. The average Bonchev–Trinajstić information content (AvgIpc) is 2.38. The smallest absolute Gasteiger partial charge is 0.131 e. The van der Waals surface area contributed by atoms with E-state index in [-0.39, 0.29) is 0 Å². The fraction of sp³-hybridized carbons (Fsp3) is 0.267. The van der Waals surface area contributed by atoms with Crippen LogP contribution in [-0.2, 0) is 12.4 Å². The maximum atomic E-state index is 6.00. The number of halogens is 2. The molecule has 0 aliphatic rings. The summed E-state index contributed by atoms with van der Waals surface area (Å²) in [7, 11) is 2.02. The summed E-state index contributed by atoms with van der Waals surface area (Å²) in [6, 6.07) is 9.95. The SMILES string of the molecule is Cc1cc(CCl)cnc1N(C)Cc1cccc(Cl)c1. The topological polar surface area (TPSA) is 16.1 Å². The zero-order chi connectivity index (χ0) is 13.8. The van der Waals surface area contributed by atoms with Gasteiger partial charge >= 0.3 is 0 Å². The van der Waals surface area contributed by atoms with Gasteiger partial charge in [-0.3, -0.25) is 0 Å². The molecule has 1 aromatic heterocycles. The summed E-state index contributed by atoms with van der Waals surface area (Å²) in [5, 5.41) is 0.757. The normalized spacial score (nSPS) is 10.5. The van der Waals surface area contributed by atoms with Gasteiger partial charge in [-0.05, 0) is 41.8 Å². The molecule has 0 amide bonds. The molecule has 2 rings (SSSR count). The van der Waals surface area contributed by atoms with Crippen molar-refractivity contribution in [1.82, 2.24) is 4.98 Å². The van der Waals surface area contributed by atoms with Crippen molar-refractivity contribution in [3.05, 3.63) is 58.2 Å². The van der Waals surface area contributed by atoms with Crippen LogP contribution in [0.1, 0.15) is 16.7 Å². The van der Waals surface area contributed by atoms with Crippen LogP contribution < -0.4 is 4.90 Å². The minimum Gasteiger partial charge on any atom is -0.355 e. The van der Waals surface area contributed by atoms with Crippen LogP contribution in [0.5, 0.6) is 0 Å². The van der Waals surface area contributed by atoms with Gasteiger partial charge in [0.15, 0.2) is 0 Å². The van der Waals surface area contributed by atoms with E-state index in [0.29, 0.717) is 5.88 Å². The first-order valence-electron chi connectivity index (χ1n) is 6.07. The van der Waals surface area contributed by atoms with E-state index in [2.05, 4.69) is 22.0 Å². The molecule has 0 N–H and O–H groups in total. The van der Waals surface area contributed by atoms with E-state index >= 15 is 0 Å². The predicted molar refractivity (Wildman–Crippen MR) is 82.1 cm³/mol. The Morgan fingerprint density at radius 3 is 2.63 bits per heavy atom. The number of nitrogens with zero attached hydrogens (tertiary/aromatic N) is 2. The third-order valence-electron chi connectivity index (χ3n) is 2.93. The van der Waals surface area contributed by atoms with Crippen LogP contribution in [0, 0.1) is 6.92 Å². The molecule has 0 fully saturated rings. The first-order chi connectivity index (χ1) is 9.10. The molecule has 0 atom stereocenters. The molecule has 0 unspecified atom stereocenters. The second-order valence-electron chi connectivity index (χ2n) is 4.60. The molecule has 100 valence electrons. The van der Waals surface area contributed by atoms with E-state index in [1.807, 2.05) is 38.4 Å². The molecule has 1 heterocycles. The second-order valence-corrected chi connectivity index (χ2v) is 5.31. The summed E-state index contributed by atoms with van der Waals surface area (Å²) in [5.41, 5.74) is 3.33. The molecular formula is C15H16Cl2N2. The minimum absolute atomic E-state index is 0.492. The predicted octanol–water partition coefficient (Wildman–Crippen LogP) is 4.42. The minimum atomic E-state index is 0.492. The molecule has 2 nitrogen and oxygen atoms in total. The zero-order valence-corrected chi connectivity index (χ0v) is 12.5. The number of hydrogen-bond acceptors (Lipinski definition) is 2. The lowest BCUT2D eigenvalue weighted by atomic mass is 10.2. The standard InChI is InChI=1S/C15H16Cl2N2/c1-11-6-13(8-16)9-18-15(11)19(2)10-12-4-3-5-14(17)7-12/h3-7,9H,8,10H2,1-2H3. The Hall–Kier alpha value is -1.25. The van der Waals surface area contributed by atoms with Gasteiger partial charge in [0.25, 0.3) is 0 Å². The van der Waals surface area contributed by atoms with Crippen LogP contribution in [0.4, 0.5) is 5.82 Å². The number of pyridine rings is 1. The third kappa shape index (κ3) is 3.62. The summed E-state index contributed by atoms with van der Waals surface area (Å²) in [5.74, 6) is 1.46. The Bertz CT molecular complexity index is 570. The highest BCUT2D eigenvalue weighted by atomic mass is 35.5. The number of hydrogen-bond donors (Lipinski definition) is 0. The molecule has 1 aromatic carbocycles. The van der Waals surface area contributed by atoms with Crippen LogP contribution >= 0.6 is 23.2 Å². The van der Waals surface area contributed by atoms with E-state index in [9.17, 15) is 0 Å². The Labute approximate surface area is 124 Å². The van der Waals surface area contributed by atoms with Gasteiger partial charge in [0.05, 0.1) is 0 Å². The maximum absolute atomic E-state index is 6.00. The van der Waals surface area contributed by atoms with E-state index in [0.717, 1.165) is 34.1 Å². The number of alkyl halides is 1. The first-order valence-corrected chi connectivity index (χ1v) is 6.98. The van der Waals surface area contributed by atoms with Gasteiger partial charge in [0.2, 0.25) is 0 Å². The third-order valence-corrected chi connectivity index (χ3v) is 3.48. The molecular weight excluding hydrogens is 279 g/mol. The van der Waals surface area contributed by atoms with E-state index in [4.69, 9.17) is 23.2 Å². The summed E-state index contributed by atoms with van der Waals surface area (Å²) in [4.78, 5) is 6.59. The largest absolute Gasteiger partial charge is 0.355 e. The van der Waals surface area contributed by atoms with Crippen molar-refractivity contribution in [3.63, 3.8) is 0 Å². The van der Waals surface area contributed by atoms with Crippen molar-refractivity contribution in [3.8, 4) is 0 Å². The van der Waals surface area contributed by atoms with Crippen LogP contribution in [0.2, 0.25) is 5.02 Å². The Morgan fingerprint density at radius 2 is 2.00 bits per heavy atom. The fourth-order valence-corrected chi connectivity index (χ4v) is 2.44. The van der Waals surface area contributed by atoms with Crippen LogP contribution in [-0.4, -0.2) is 12.0 Å². The molecule has 0 aliphatic heterocycles. The molecule has 0 aliphatic carbocycles. The number of benzene rings is 1. The summed E-state index contributed by atoms with van der Waals surface area (Å²) in [6.07, 6.45) is 1.82. The van der Waals surface area contributed by atoms with Crippen LogP contribution in [0.15, 0.2) is 36.5 Å². The van der Waals surface area contributed by atoms with Gasteiger partial charge in [0.1, 0.15) is 5.82 Å².